The highest BCUT2D eigenvalue weighted by Crippen LogP contribution is 2.29. The summed E-state index contributed by atoms with van der Waals surface area (Å²) in [5, 5.41) is 0.927. The van der Waals surface area contributed by atoms with Gasteiger partial charge in [-0.3, -0.25) is 4.79 Å². The molecule has 0 amide bonds. The molecule has 2 rings (SSSR count). The number of carbonyl (C=O) groups is 1. The maximum Gasteiger partial charge on any atom is 0.337 e. The van der Waals surface area contributed by atoms with Gasteiger partial charge in [-0.2, -0.15) is 0 Å². The predicted molar refractivity (Wildman–Crippen MR) is 104 cm³/mol. The molecule has 0 unspecified atom stereocenters. The lowest BCUT2D eigenvalue weighted by Crippen LogP contribution is -2.12. The molecule has 2 aromatic rings. The first-order valence-corrected chi connectivity index (χ1v) is 9.91. The molecule has 142 valence electrons. The van der Waals surface area contributed by atoms with Crippen LogP contribution < -0.4 is 10.4 Å². The Morgan fingerprint density at radius 3 is 2.65 bits per heavy atom. The highest BCUT2D eigenvalue weighted by molar-refractivity contribution is 7.99. The second-order valence-corrected chi connectivity index (χ2v) is 7.51. The number of ether oxygens (including phenoxy) is 2. The van der Waals surface area contributed by atoms with E-state index in [0.717, 1.165) is 41.7 Å². The lowest BCUT2D eigenvalue weighted by molar-refractivity contribution is -0.147. The molecule has 1 heterocycles. The molecule has 6 heteroatoms. The number of methoxy groups -OCH3 is 1. The summed E-state index contributed by atoms with van der Waals surface area (Å²) in [6, 6.07) is 7.07. The normalized spacial score (nSPS) is 11.1. The minimum atomic E-state index is -0.347. The largest absolute Gasteiger partial charge is 0.497 e. The molecule has 0 atom stereocenters. The predicted octanol–water partition coefficient (Wildman–Crippen LogP) is 4.65. The number of fused-ring (bicyclic) bond motifs is 1. The van der Waals surface area contributed by atoms with Gasteiger partial charge in [0.05, 0.1) is 19.6 Å². The van der Waals surface area contributed by atoms with Gasteiger partial charge < -0.3 is 13.9 Å². The van der Waals surface area contributed by atoms with Gasteiger partial charge in [-0.05, 0) is 30.7 Å². The van der Waals surface area contributed by atoms with Gasteiger partial charge >= 0.3 is 11.6 Å². The van der Waals surface area contributed by atoms with Crippen molar-refractivity contribution >= 4 is 28.7 Å². The highest BCUT2D eigenvalue weighted by Gasteiger charge is 2.08. The average molecular weight is 378 g/mol. The fourth-order valence-electron chi connectivity index (χ4n) is 2.44. The SMILES string of the molecule is COc1ccc2c(SCCCCCCOC(=O)C(C)C)cc(=O)oc2c1. The van der Waals surface area contributed by atoms with E-state index in [1.807, 2.05) is 26.0 Å². The molecule has 0 fully saturated rings. The first-order chi connectivity index (χ1) is 12.5. The molecule has 0 spiro atoms. The third-order valence-electron chi connectivity index (χ3n) is 3.93. The van der Waals surface area contributed by atoms with Gasteiger partial charge in [-0.1, -0.05) is 26.7 Å². The third kappa shape index (κ3) is 6.09. The smallest absolute Gasteiger partial charge is 0.337 e. The first kappa shape index (κ1) is 20.4. The molecule has 0 saturated carbocycles. The molecule has 0 radical (unpaired) electrons. The van der Waals surface area contributed by atoms with Gasteiger partial charge in [0.15, 0.2) is 0 Å². The van der Waals surface area contributed by atoms with Crippen LogP contribution in [0.1, 0.15) is 39.5 Å². The van der Waals surface area contributed by atoms with Crippen molar-refractivity contribution in [3.63, 3.8) is 0 Å². The van der Waals surface area contributed by atoms with E-state index in [9.17, 15) is 9.59 Å². The number of hydrogen-bond acceptors (Lipinski definition) is 6. The molecule has 1 aromatic heterocycles. The summed E-state index contributed by atoms with van der Waals surface area (Å²) in [6.07, 6.45) is 4.03. The van der Waals surface area contributed by atoms with Crippen molar-refractivity contribution in [3.8, 4) is 5.75 Å². The van der Waals surface area contributed by atoms with Crippen molar-refractivity contribution in [2.45, 2.75) is 44.4 Å². The monoisotopic (exact) mass is 378 g/mol. The molecule has 0 bridgehead atoms. The molecular weight excluding hydrogens is 352 g/mol. The highest BCUT2D eigenvalue weighted by atomic mass is 32.2. The van der Waals surface area contributed by atoms with Crippen LogP contribution in [-0.4, -0.2) is 25.4 Å². The number of carbonyl (C=O) groups excluding carboxylic acids is 1. The van der Waals surface area contributed by atoms with E-state index in [-0.39, 0.29) is 17.5 Å². The Bertz CT molecular complexity index is 781. The molecule has 0 aliphatic rings. The van der Waals surface area contributed by atoms with Gasteiger partial charge in [0.25, 0.3) is 0 Å². The minimum Gasteiger partial charge on any atom is -0.497 e. The van der Waals surface area contributed by atoms with Crippen LogP contribution in [0.25, 0.3) is 11.0 Å². The second-order valence-electron chi connectivity index (χ2n) is 6.38. The van der Waals surface area contributed by atoms with Crippen LogP contribution in [0.15, 0.2) is 38.4 Å². The number of hydrogen-bond donors (Lipinski definition) is 0. The summed E-state index contributed by atoms with van der Waals surface area (Å²) >= 11 is 1.66. The number of esters is 1. The van der Waals surface area contributed by atoms with Crippen LogP contribution >= 0.6 is 11.8 Å². The van der Waals surface area contributed by atoms with Crippen LogP contribution in [0, 0.1) is 5.92 Å². The summed E-state index contributed by atoms with van der Waals surface area (Å²) in [6.45, 7) is 4.17. The van der Waals surface area contributed by atoms with E-state index in [0.29, 0.717) is 17.9 Å². The Kier molecular flexibility index (Phi) is 8.04. The zero-order valence-corrected chi connectivity index (χ0v) is 16.4. The zero-order valence-electron chi connectivity index (χ0n) is 15.6. The zero-order chi connectivity index (χ0) is 18.9. The molecule has 0 aliphatic heterocycles. The van der Waals surface area contributed by atoms with Gasteiger partial charge in [-0.25, -0.2) is 4.79 Å². The Hall–Kier alpha value is -1.95. The molecule has 0 saturated heterocycles. The van der Waals surface area contributed by atoms with Gasteiger partial charge in [0.1, 0.15) is 11.3 Å². The van der Waals surface area contributed by atoms with Gasteiger partial charge in [-0.15, -0.1) is 11.8 Å². The quantitative estimate of drug-likeness (QED) is 0.259. The Morgan fingerprint density at radius 1 is 1.15 bits per heavy atom. The van der Waals surface area contributed by atoms with Crippen LogP contribution in [-0.2, 0) is 9.53 Å². The van der Waals surface area contributed by atoms with E-state index in [1.165, 1.54) is 0 Å². The number of benzene rings is 1. The first-order valence-electron chi connectivity index (χ1n) is 8.92. The van der Waals surface area contributed by atoms with Crippen molar-refractivity contribution in [1.29, 1.82) is 0 Å². The summed E-state index contributed by atoms with van der Waals surface area (Å²) in [5.41, 5.74) is 0.200. The Labute approximate surface area is 158 Å². The van der Waals surface area contributed by atoms with Crippen LogP contribution in [0.3, 0.4) is 0 Å². The van der Waals surface area contributed by atoms with E-state index >= 15 is 0 Å². The van der Waals surface area contributed by atoms with Crippen molar-refractivity contribution in [2.24, 2.45) is 5.92 Å². The molecule has 5 nitrogen and oxygen atoms in total. The number of unbranched alkanes of at least 4 members (excludes halogenated alkanes) is 3. The van der Waals surface area contributed by atoms with Crippen LogP contribution in [0.5, 0.6) is 5.75 Å². The Morgan fingerprint density at radius 2 is 1.92 bits per heavy atom. The van der Waals surface area contributed by atoms with E-state index in [2.05, 4.69) is 0 Å². The van der Waals surface area contributed by atoms with E-state index in [1.54, 1.807) is 31.0 Å². The van der Waals surface area contributed by atoms with E-state index in [4.69, 9.17) is 13.9 Å². The molecule has 26 heavy (non-hydrogen) atoms. The summed E-state index contributed by atoms with van der Waals surface area (Å²) in [4.78, 5) is 24.0. The molecule has 0 aliphatic carbocycles. The lowest BCUT2D eigenvalue weighted by Gasteiger charge is -2.08. The van der Waals surface area contributed by atoms with Crippen LogP contribution in [0.4, 0.5) is 0 Å². The minimum absolute atomic E-state index is 0.0651. The molecule has 1 aromatic carbocycles. The van der Waals surface area contributed by atoms with Gasteiger partial charge in [0, 0.05) is 22.4 Å². The van der Waals surface area contributed by atoms with Crippen molar-refractivity contribution in [3.05, 3.63) is 34.7 Å². The van der Waals surface area contributed by atoms with Crippen molar-refractivity contribution in [1.82, 2.24) is 0 Å². The van der Waals surface area contributed by atoms with E-state index < -0.39 is 0 Å². The second kappa shape index (κ2) is 10.3. The summed E-state index contributed by atoms with van der Waals surface area (Å²) < 4.78 is 15.6. The fraction of sp³-hybridized carbons (Fsp3) is 0.500. The molecular formula is C20H26O5S. The van der Waals surface area contributed by atoms with Crippen molar-refractivity contribution in [2.75, 3.05) is 19.5 Å². The summed E-state index contributed by atoms with van der Waals surface area (Å²) in [7, 11) is 1.58. The van der Waals surface area contributed by atoms with Crippen molar-refractivity contribution < 1.29 is 18.7 Å². The Balaban J connectivity index is 1.76. The standard InChI is InChI=1S/C20H26O5S/c1-14(2)20(22)24-10-6-4-5-7-11-26-18-13-19(21)25-17-12-15(23-3)8-9-16(17)18/h8-9,12-14H,4-7,10-11H2,1-3H3. The topological polar surface area (TPSA) is 65.7 Å². The third-order valence-corrected chi connectivity index (χ3v) is 5.07. The summed E-state index contributed by atoms with van der Waals surface area (Å²) in [5.74, 6) is 1.40. The molecule has 0 N–H and O–H groups in total. The maximum absolute atomic E-state index is 11.8. The van der Waals surface area contributed by atoms with Gasteiger partial charge in [0.2, 0.25) is 0 Å². The lowest BCUT2D eigenvalue weighted by atomic mass is 10.2. The average Bonchev–Trinajstić information content (AvgIpc) is 2.62. The number of thioether (sulfide) groups is 1. The number of rotatable bonds is 10. The maximum atomic E-state index is 11.8. The van der Waals surface area contributed by atoms with Crippen LogP contribution in [0.2, 0.25) is 0 Å². The fourth-order valence-corrected chi connectivity index (χ4v) is 3.51.